The summed E-state index contributed by atoms with van der Waals surface area (Å²) in [5.41, 5.74) is 2.71. The van der Waals surface area contributed by atoms with Gasteiger partial charge < -0.3 is 10.0 Å². The molecule has 2 unspecified atom stereocenters. The van der Waals surface area contributed by atoms with E-state index in [9.17, 15) is 5.11 Å². The summed E-state index contributed by atoms with van der Waals surface area (Å²) in [5, 5.41) is 9.92. The number of anilines is 1. The molecule has 2 heteroatoms. The van der Waals surface area contributed by atoms with Gasteiger partial charge in [0.2, 0.25) is 0 Å². The minimum Gasteiger partial charge on any atom is -0.393 e. The predicted octanol–water partition coefficient (Wildman–Crippen LogP) is 3.23. The lowest BCUT2D eigenvalue weighted by atomic mass is 9.85. The summed E-state index contributed by atoms with van der Waals surface area (Å²) in [6, 6.07) is 9.22. The number of hydrogen-bond donors (Lipinski definition) is 1. The first-order valence-electron chi connectivity index (χ1n) is 6.94. The third kappa shape index (κ3) is 2.54. The highest BCUT2D eigenvalue weighted by atomic mass is 16.3. The van der Waals surface area contributed by atoms with Crippen LogP contribution in [0.3, 0.4) is 0 Å². The summed E-state index contributed by atoms with van der Waals surface area (Å²) in [6.45, 7) is 9.36. The van der Waals surface area contributed by atoms with E-state index in [4.69, 9.17) is 0 Å². The van der Waals surface area contributed by atoms with Crippen molar-refractivity contribution < 1.29 is 5.11 Å². The molecule has 18 heavy (non-hydrogen) atoms. The van der Waals surface area contributed by atoms with Gasteiger partial charge in [-0.25, -0.2) is 0 Å². The first-order valence-corrected chi connectivity index (χ1v) is 6.94. The number of aryl methyl sites for hydroxylation is 1. The quantitative estimate of drug-likeness (QED) is 0.886. The highest BCUT2D eigenvalue weighted by Crippen LogP contribution is 2.34. The lowest BCUT2D eigenvalue weighted by Gasteiger charge is -2.43. The van der Waals surface area contributed by atoms with Crippen LogP contribution < -0.4 is 4.90 Å². The van der Waals surface area contributed by atoms with Gasteiger partial charge in [-0.3, -0.25) is 0 Å². The number of nitrogens with zero attached hydrogens (tertiary/aromatic N) is 1. The molecule has 0 aliphatic carbocycles. The molecule has 0 bridgehead atoms. The van der Waals surface area contributed by atoms with Crippen LogP contribution in [-0.4, -0.2) is 23.8 Å². The maximum atomic E-state index is 9.92. The number of aliphatic hydroxyl groups excluding tert-OH is 1. The fraction of sp³-hybridized carbons (Fsp3) is 0.625. The van der Waals surface area contributed by atoms with Crippen molar-refractivity contribution >= 4 is 5.69 Å². The Morgan fingerprint density at radius 2 is 2.06 bits per heavy atom. The summed E-state index contributed by atoms with van der Waals surface area (Å²) in [6.07, 6.45) is 2.08. The first kappa shape index (κ1) is 13.4. The molecule has 100 valence electrons. The monoisotopic (exact) mass is 247 g/mol. The van der Waals surface area contributed by atoms with Crippen LogP contribution >= 0.6 is 0 Å². The number of para-hydroxylation sites is 1. The standard InChI is InChI=1S/C16H25NO/c1-12-9-10-14-7-5-6-8-15(14)17(12)11-16(3,4)13(2)18/h5-8,12-13,18H,9-11H2,1-4H3. The zero-order valence-corrected chi connectivity index (χ0v) is 12.0. The van der Waals surface area contributed by atoms with Crippen LogP contribution in [0.4, 0.5) is 5.69 Å². The summed E-state index contributed by atoms with van der Waals surface area (Å²) in [4.78, 5) is 2.46. The lowest BCUT2D eigenvalue weighted by molar-refractivity contribution is 0.0694. The highest BCUT2D eigenvalue weighted by Gasteiger charge is 2.31. The lowest BCUT2D eigenvalue weighted by Crippen LogP contribution is -2.46. The molecule has 0 radical (unpaired) electrons. The third-order valence-electron chi connectivity index (χ3n) is 4.37. The second kappa shape index (κ2) is 4.93. The molecule has 1 aliphatic heterocycles. The van der Waals surface area contributed by atoms with Gasteiger partial charge in [0, 0.05) is 23.7 Å². The van der Waals surface area contributed by atoms with Crippen LogP contribution in [0.2, 0.25) is 0 Å². The number of fused-ring (bicyclic) bond motifs is 1. The second-order valence-electron chi connectivity index (χ2n) is 6.31. The van der Waals surface area contributed by atoms with Crippen molar-refractivity contribution in [2.45, 2.75) is 52.7 Å². The molecule has 1 N–H and O–H groups in total. The van der Waals surface area contributed by atoms with Gasteiger partial charge in [0.25, 0.3) is 0 Å². The minimum absolute atomic E-state index is 0.0846. The predicted molar refractivity (Wildman–Crippen MR) is 77.0 cm³/mol. The molecule has 1 aromatic carbocycles. The molecule has 1 aliphatic rings. The summed E-state index contributed by atoms with van der Waals surface area (Å²) >= 11 is 0. The Labute approximate surface area is 111 Å². The van der Waals surface area contributed by atoms with Crippen LogP contribution in [-0.2, 0) is 6.42 Å². The zero-order chi connectivity index (χ0) is 13.3. The van der Waals surface area contributed by atoms with E-state index >= 15 is 0 Å². The van der Waals surface area contributed by atoms with E-state index in [-0.39, 0.29) is 11.5 Å². The van der Waals surface area contributed by atoms with Gasteiger partial charge in [-0.05, 0) is 38.3 Å². The molecule has 0 aromatic heterocycles. The van der Waals surface area contributed by atoms with Crippen molar-refractivity contribution in [2.24, 2.45) is 5.41 Å². The Kier molecular flexibility index (Phi) is 3.67. The van der Waals surface area contributed by atoms with Crippen LogP contribution in [0.5, 0.6) is 0 Å². The van der Waals surface area contributed by atoms with E-state index in [1.54, 1.807) is 0 Å². The molecular weight excluding hydrogens is 222 g/mol. The van der Waals surface area contributed by atoms with Gasteiger partial charge in [-0.1, -0.05) is 32.0 Å². The molecule has 0 spiro atoms. The summed E-state index contributed by atoms with van der Waals surface area (Å²) in [5.74, 6) is 0. The van der Waals surface area contributed by atoms with Crippen LogP contribution in [0.15, 0.2) is 24.3 Å². The van der Waals surface area contributed by atoms with E-state index in [0.29, 0.717) is 6.04 Å². The van der Waals surface area contributed by atoms with Crippen molar-refractivity contribution in [1.82, 2.24) is 0 Å². The maximum absolute atomic E-state index is 9.92. The van der Waals surface area contributed by atoms with Crippen molar-refractivity contribution in [1.29, 1.82) is 0 Å². The zero-order valence-electron chi connectivity index (χ0n) is 12.0. The van der Waals surface area contributed by atoms with Crippen molar-refractivity contribution in [2.75, 3.05) is 11.4 Å². The number of aliphatic hydroxyl groups is 1. The van der Waals surface area contributed by atoms with Crippen molar-refractivity contribution in [3.8, 4) is 0 Å². The van der Waals surface area contributed by atoms with E-state index in [2.05, 4.69) is 49.9 Å². The molecule has 0 saturated heterocycles. The average Bonchev–Trinajstić information content (AvgIpc) is 2.32. The summed E-state index contributed by atoms with van der Waals surface area (Å²) in [7, 11) is 0. The number of rotatable bonds is 3. The molecule has 1 aromatic rings. The molecule has 0 saturated carbocycles. The molecule has 2 rings (SSSR count). The number of hydrogen-bond acceptors (Lipinski definition) is 2. The topological polar surface area (TPSA) is 23.5 Å². The average molecular weight is 247 g/mol. The van der Waals surface area contributed by atoms with Gasteiger partial charge in [-0.15, -0.1) is 0 Å². The van der Waals surface area contributed by atoms with E-state index < -0.39 is 0 Å². The third-order valence-corrected chi connectivity index (χ3v) is 4.37. The Balaban J connectivity index is 2.27. The largest absolute Gasteiger partial charge is 0.393 e. The van der Waals surface area contributed by atoms with Crippen molar-refractivity contribution in [3.63, 3.8) is 0 Å². The fourth-order valence-corrected chi connectivity index (χ4v) is 2.57. The van der Waals surface area contributed by atoms with Gasteiger partial charge in [0.05, 0.1) is 6.10 Å². The highest BCUT2D eigenvalue weighted by molar-refractivity contribution is 5.56. The summed E-state index contributed by atoms with van der Waals surface area (Å²) < 4.78 is 0. The Hall–Kier alpha value is -1.02. The first-order chi connectivity index (χ1) is 8.42. The maximum Gasteiger partial charge on any atom is 0.0579 e. The normalized spacial score (nSPS) is 21.6. The molecule has 2 nitrogen and oxygen atoms in total. The smallest absolute Gasteiger partial charge is 0.0579 e. The van der Waals surface area contributed by atoms with E-state index in [1.165, 1.54) is 24.1 Å². The fourth-order valence-electron chi connectivity index (χ4n) is 2.57. The second-order valence-corrected chi connectivity index (χ2v) is 6.31. The molecular formula is C16H25NO. The Morgan fingerprint density at radius 1 is 1.39 bits per heavy atom. The van der Waals surface area contributed by atoms with Crippen LogP contribution in [0.25, 0.3) is 0 Å². The molecule has 1 heterocycles. The van der Waals surface area contributed by atoms with Crippen molar-refractivity contribution in [3.05, 3.63) is 29.8 Å². The number of benzene rings is 1. The van der Waals surface area contributed by atoms with Crippen LogP contribution in [0.1, 0.15) is 39.7 Å². The minimum atomic E-state index is -0.293. The van der Waals surface area contributed by atoms with E-state index in [1.807, 2.05) is 6.92 Å². The van der Waals surface area contributed by atoms with Gasteiger partial charge >= 0.3 is 0 Å². The SMILES string of the molecule is CC1CCc2ccccc2N1CC(C)(C)C(C)O. The van der Waals surface area contributed by atoms with Crippen LogP contribution in [0, 0.1) is 5.41 Å². The Morgan fingerprint density at radius 3 is 2.72 bits per heavy atom. The van der Waals surface area contributed by atoms with E-state index in [0.717, 1.165) is 6.54 Å². The molecule has 2 atom stereocenters. The van der Waals surface area contributed by atoms with Gasteiger partial charge in [0.15, 0.2) is 0 Å². The van der Waals surface area contributed by atoms with Gasteiger partial charge in [0.1, 0.15) is 0 Å². The molecule has 0 fully saturated rings. The molecule has 0 amide bonds. The Bertz CT molecular complexity index is 411. The van der Waals surface area contributed by atoms with Gasteiger partial charge in [-0.2, -0.15) is 0 Å².